The van der Waals surface area contributed by atoms with Gasteiger partial charge in [0.25, 0.3) is 0 Å². The van der Waals surface area contributed by atoms with Gasteiger partial charge in [-0.15, -0.1) is 11.3 Å². The molecule has 3 nitrogen and oxygen atoms in total. The van der Waals surface area contributed by atoms with E-state index in [1.54, 1.807) is 11.3 Å². The lowest BCUT2D eigenvalue weighted by Gasteiger charge is -2.26. The Balaban J connectivity index is 2.54. The predicted molar refractivity (Wildman–Crippen MR) is 75.6 cm³/mol. The second kappa shape index (κ2) is 6.85. The van der Waals surface area contributed by atoms with Crippen LogP contribution >= 0.6 is 27.3 Å². The van der Waals surface area contributed by atoms with E-state index >= 15 is 0 Å². The highest BCUT2D eigenvalue weighted by Crippen LogP contribution is 2.31. The molecule has 17 heavy (non-hydrogen) atoms. The van der Waals surface area contributed by atoms with Gasteiger partial charge in [0.1, 0.15) is 0 Å². The number of rotatable bonds is 7. The van der Waals surface area contributed by atoms with E-state index in [1.807, 2.05) is 0 Å². The number of thiophene rings is 1. The molecule has 1 aromatic rings. The van der Waals surface area contributed by atoms with Gasteiger partial charge in [-0.25, -0.2) is 0 Å². The van der Waals surface area contributed by atoms with Crippen LogP contribution in [0.2, 0.25) is 0 Å². The molecule has 1 aromatic heterocycles. The van der Waals surface area contributed by atoms with Crippen molar-refractivity contribution in [3.63, 3.8) is 0 Å². The van der Waals surface area contributed by atoms with Crippen molar-refractivity contribution >= 4 is 27.3 Å². The summed E-state index contributed by atoms with van der Waals surface area (Å²) in [4.78, 5) is 1.30. The minimum atomic E-state index is -0.0253. The first-order valence-electron chi connectivity index (χ1n) is 5.69. The molecule has 1 heterocycles. The second-order valence-electron chi connectivity index (χ2n) is 4.79. The first kappa shape index (κ1) is 15.1. The van der Waals surface area contributed by atoms with Crippen molar-refractivity contribution in [1.29, 1.82) is 0 Å². The summed E-state index contributed by atoms with van der Waals surface area (Å²) in [5, 5.41) is 23.4. The Morgan fingerprint density at radius 2 is 2.18 bits per heavy atom. The highest BCUT2D eigenvalue weighted by atomic mass is 79.9. The van der Waals surface area contributed by atoms with Crippen LogP contribution in [0.15, 0.2) is 15.9 Å². The van der Waals surface area contributed by atoms with E-state index in [-0.39, 0.29) is 24.7 Å². The van der Waals surface area contributed by atoms with E-state index in [4.69, 9.17) is 10.2 Å². The van der Waals surface area contributed by atoms with E-state index in [2.05, 4.69) is 46.5 Å². The van der Waals surface area contributed by atoms with Gasteiger partial charge in [0, 0.05) is 39.3 Å². The number of hydrogen-bond acceptors (Lipinski definition) is 4. The van der Waals surface area contributed by atoms with Crippen molar-refractivity contribution in [2.75, 3.05) is 19.8 Å². The minimum absolute atomic E-state index is 0.0253. The molecule has 0 saturated carbocycles. The largest absolute Gasteiger partial charge is 0.396 e. The van der Waals surface area contributed by atoms with Crippen LogP contribution < -0.4 is 5.32 Å². The van der Waals surface area contributed by atoms with Gasteiger partial charge in [-0.1, -0.05) is 13.8 Å². The molecule has 0 aromatic carbocycles. The van der Waals surface area contributed by atoms with Crippen LogP contribution in [0, 0.1) is 0 Å². The fraction of sp³-hybridized carbons (Fsp3) is 0.667. The maximum Gasteiger partial charge on any atom is 0.0585 e. The van der Waals surface area contributed by atoms with Gasteiger partial charge < -0.3 is 15.5 Å². The molecule has 98 valence electrons. The predicted octanol–water partition coefficient (Wildman–Crippen LogP) is 2.12. The maximum absolute atomic E-state index is 9.15. The molecule has 0 aliphatic heterocycles. The first-order chi connectivity index (χ1) is 7.99. The third kappa shape index (κ3) is 4.67. The third-order valence-electron chi connectivity index (χ3n) is 2.77. The van der Waals surface area contributed by atoms with Gasteiger partial charge in [0.05, 0.1) is 6.61 Å². The number of halogens is 1. The molecule has 0 aliphatic carbocycles. The van der Waals surface area contributed by atoms with Crippen LogP contribution in [0.5, 0.6) is 0 Å². The summed E-state index contributed by atoms with van der Waals surface area (Å²) in [7, 11) is 0. The Kier molecular flexibility index (Phi) is 6.09. The molecule has 0 saturated heterocycles. The molecule has 0 radical (unpaired) electrons. The van der Waals surface area contributed by atoms with Gasteiger partial charge >= 0.3 is 0 Å². The van der Waals surface area contributed by atoms with Crippen molar-refractivity contribution in [3.8, 4) is 0 Å². The van der Waals surface area contributed by atoms with Crippen molar-refractivity contribution in [2.45, 2.75) is 31.7 Å². The summed E-state index contributed by atoms with van der Waals surface area (Å²) >= 11 is 5.19. The lowest BCUT2D eigenvalue weighted by atomic mass is 9.91. The van der Waals surface area contributed by atoms with Crippen LogP contribution in [0.1, 0.15) is 25.1 Å². The number of aliphatic hydroxyl groups excluding tert-OH is 2. The average Bonchev–Trinajstić information content (AvgIpc) is 2.72. The highest BCUT2D eigenvalue weighted by Gasteiger charge is 2.23. The first-order valence-corrected chi connectivity index (χ1v) is 7.36. The molecule has 0 aliphatic rings. The zero-order chi connectivity index (χ0) is 12.9. The molecule has 1 unspecified atom stereocenters. The van der Waals surface area contributed by atoms with Crippen LogP contribution in [-0.4, -0.2) is 36.0 Å². The van der Waals surface area contributed by atoms with Crippen LogP contribution in [0.4, 0.5) is 0 Å². The van der Waals surface area contributed by atoms with Crippen molar-refractivity contribution < 1.29 is 10.2 Å². The third-order valence-corrected chi connectivity index (χ3v) is 4.82. The van der Waals surface area contributed by atoms with E-state index in [0.29, 0.717) is 6.42 Å². The summed E-state index contributed by atoms with van der Waals surface area (Å²) in [6.45, 7) is 5.29. The van der Waals surface area contributed by atoms with Crippen LogP contribution in [0.25, 0.3) is 0 Å². The monoisotopic (exact) mass is 321 g/mol. The molecule has 0 spiro atoms. The lowest BCUT2D eigenvalue weighted by molar-refractivity contribution is 0.196. The molecule has 5 heteroatoms. The van der Waals surface area contributed by atoms with E-state index in [0.717, 1.165) is 11.0 Å². The van der Waals surface area contributed by atoms with Gasteiger partial charge in [-0.05, 0) is 28.4 Å². The van der Waals surface area contributed by atoms with Gasteiger partial charge in [0.15, 0.2) is 0 Å². The minimum Gasteiger partial charge on any atom is -0.396 e. The molecule has 1 atom stereocenters. The maximum atomic E-state index is 9.15. The second-order valence-corrected chi connectivity index (χ2v) is 6.61. The molecule has 1 rings (SSSR count). The quantitative estimate of drug-likeness (QED) is 0.721. The SMILES string of the molecule is CC(C)(CNC(CO)CCO)c1cc(Br)cs1. The average molecular weight is 322 g/mol. The summed E-state index contributed by atoms with van der Waals surface area (Å²) in [5.41, 5.74) is 0.0273. The summed E-state index contributed by atoms with van der Waals surface area (Å²) in [5.74, 6) is 0. The molecule has 0 fully saturated rings. The number of hydrogen-bond donors (Lipinski definition) is 3. The zero-order valence-corrected chi connectivity index (χ0v) is 12.6. The standard InChI is InChI=1S/C12H20BrNO2S/c1-12(2,11-5-9(13)7-17-11)8-14-10(6-16)3-4-15/h5,7,10,14-16H,3-4,6,8H2,1-2H3. The summed E-state index contributed by atoms with van der Waals surface area (Å²) in [6.07, 6.45) is 0.584. The summed E-state index contributed by atoms with van der Waals surface area (Å²) < 4.78 is 1.11. The Morgan fingerprint density at radius 3 is 2.65 bits per heavy atom. The molecule has 0 amide bonds. The fourth-order valence-corrected chi connectivity index (χ4v) is 3.12. The normalized spacial score (nSPS) is 13.9. The van der Waals surface area contributed by atoms with Crippen molar-refractivity contribution in [2.24, 2.45) is 0 Å². The van der Waals surface area contributed by atoms with Gasteiger partial charge in [0.2, 0.25) is 0 Å². The highest BCUT2D eigenvalue weighted by molar-refractivity contribution is 9.10. The van der Waals surface area contributed by atoms with Crippen molar-refractivity contribution in [3.05, 3.63) is 20.8 Å². The smallest absolute Gasteiger partial charge is 0.0585 e. The number of nitrogens with one attached hydrogen (secondary N) is 1. The Bertz CT molecular complexity index is 341. The topological polar surface area (TPSA) is 52.5 Å². The Hall–Kier alpha value is 0.0600. The Labute approximate surface area is 115 Å². The Morgan fingerprint density at radius 1 is 1.47 bits per heavy atom. The van der Waals surface area contributed by atoms with Gasteiger partial charge in [-0.3, -0.25) is 0 Å². The molecular weight excluding hydrogens is 302 g/mol. The van der Waals surface area contributed by atoms with E-state index in [1.165, 1.54) is 4.88 Å². The zero-order valence-electron chi connectivity index (χ0n) is 10.2. The van der Waals surface area contributed by atoms with E-state index < -0.39 is 0 Å². The van der Waals surface area contributed by atoms with Crippen LogP contribution in [-0.2, 0) is 5.41 Å². The number of aliphatic hydroxyl groups is 2. The van der Waals surface area contributed by atoms with Crippen molar-refractivity contribution in [1.82, 2.24) is 5.32 Å². The molecule has 3 N–H and O–H groups in total. The lowest BCUT2D eigenvalue weighted by Crippen LogP contribution is -2.41. The fourth-order valence-electron chi connectivity index (χ4n) is 1.57. The summed E-state index contributed by atoms with van der Waals surface area (Å²) in [6, 6.07) is 2.11. The molecule has 0 bridgehead atoms. The van der Waals surface area contributed by atoms with Gasteiger partial charge in [-0.2, -0.15) is 0 Å². The van der Waals surface area contributed by atoms with Crippen LogP contribution in [0.3, 0.4) is 0 Å². The molecular formula is C12H20BrNO2S. The van der Waals surface area contributed by atoms with E-state index in [9.17, 15) is 0 Å².